The molecule has 3 amide bonds. The number of nitrogens with one attached hydrogen (secondary N) is 2. The zero-order chi connectivity index (χ0) is 25.4. The van der Waals surface area contributed by atoms with Gasteiger partial charge in [0.1, 0.15) is 17.7 Å². The number of amides is 3. The minimum atomic E-state index is -0.978. The van der Waals surface area contributed by atoms with Gasteiger partial charge in [0, 0.05) is 30.0 Å². The predicted molar refractivity (Wildman–Crippen MR) is 134 cm³/mol. The number of carbonyl (C=O) groups excluding carboxylic acids is 3. The third kappa shape index (κ3) is 7.71. The van der Waals surface area contributed by atoms with Crippen molar-refractivity contribution in [3.05, 3.63) is 81.9 Å². The molecule has 2 heterocycles. The molecular formula is C26H29FN4O3S. The summed E-state index contributed by atoms with van der Waals surface area (Å²) in [5.41, 5.74) is 1.44. The van der Waals surface area contributed by atoms with Crippen LogP contribution in [0.2, 0.25) is 0 Å². The third-order valence-electron chi connectivity index (χ3n) is 5.15. The standard InChI is InChI=1S/C26H29FN4O3S/c1-17(2)29-26(34)25(19-6-8-20(27)9-7-19)31(16-21-5-4-14-35-21)24(33)11-10-23(32)30-22-15-18(3)12-13-28-22/h4-9,12-15,17,25H,10-11,16H2,1-3H3,(H,29,34)(H,28,30,32)/t25-/m0/s1. The molecule has 0 saturated carbocycles. The number of hydrogen-bond acceptors (Lipinski definition) is 5. The zero-order valence-electron chi connectivity index (χ0n) is 20.0. The van der Waals surface area contributed by atoms with E-state index in [9.17, 15) is 18.8 Å². The van der Waals surface area contributed by atoms with Crippen molar-refractivity contribution < 1.29 is 18.8 Å². The first kappa shape index (κ1) is 26.0. The largest absolute Gasteiger partial charge is 0.352 e. The van der Waals surface area contributed by atoms with E-state index in [0.29, 0.717) is 11.4 Å². The molecular weight excluding hydrogens is 467 g/mol. The lowest BCUT2D eigenvalue weighted by molar-refractivity contribution is -0.142. The number of aryl methyl sites for hydroxylation is 1. The molecule has 0 bridgehead atoms. The fraction of sp³-hybridized carbons (Fsp3) is 0.308. The number of rotatable bonds is 10. The van der Waals surface area contributed by atoms with E-state index in [2.05, 4.69) is 15.6 Å². The first-order valence-corrected chi connectivity index (χ1v) is 12.2. The van der Waals surface area contributed by atoms with Crippen LogP contribution in [-0.2, 0) is 20.9 Å². The Morgan fingerprint density at radius 1 is 1.09 bits per heavy atom. The smallest absolute Gasteiger partial charge is 0.247 e. The van der Waals surface area contributed by atoms with Crippen molar-refractivity contribution in [2.75, 3.05) is 5.32 Å². The first-order chi connectivity index (χ1) is 16.7. The summed E-state index contributed by atoms with van der Waals surface area (Å²) in [6, 6.07) is 11.7. The highest BCUT2D eigenvalue weighted by Gasteiger charge is 2.32. The first-order valence-electron chi connectivity index (χ1n) is 11.3. The van der Waals surface area contributed by atoms with Gasteiger partial charge in [-0.1, -0.05) is 18.2 Å². The van der Waals surface area contributed by atoms with Crippen molar-refractivity contribution in [1.82, 2.24) is 15.2 Å². The molecule has 9 heteroatoms. The predicted octanol–water partition coefficient (Wildman–Crippen LogP) is 4.60. The molecule has 1 aromatic carbocycles. The van der Waals surface area contributed by atoms with Crippen molar-refractivity contribution in [2.45, 2.75) is 52.2 Å². The highest BCUT2D eigenvalue weighted by Crippen LogP contribution is 2.27. The van der Waals surface area contributed by atoms with E-state index in [-0.39, 0.29) is 43.1 Å². The Kier molecular flexibility index (Phi) is 9.08. The van der Waals surface area contributed by atoms with Gasteiger partial charge in [-0.15, -0.1) is 11.3 Å². The number of carbonyl (C=O) groups is 3. The molecule has 0 saturated heterocycles. The molecule has 3 rings (SSSR count). The fourth-order valence-corrected chi connectivity index (χ4v) is 4.25. The van der Waals surface area contributed by atoms with Crippen LogP contribution in [0.15, 0.2) is 60.1 Å². The summed E-state index contributed by atoms with van der Waals surface area (Å²) in [6.45, 7) is 5.73. The fourth-order valence-electron chi connectivity index (χ4n) is 3.55. The van der Waals surface area contributed by atoms with Crippen LogP contribution >= 0.6 is 11.3 Å². The van der Waals surface area contributed by atoms with E-state index in [1.54, 1.807) is 12.3 Å². The van der Waals surface area contributed by atoms with Crippen molar-refractivity contribution >= 4 is 34.9 Å². The van der Waals surface area contributed by atoms with Gasteiger partial charge in [0.2, 0.25) is 17.7 Å². The summed E-state index contributed by atoms with van der Waals surface area (Å²) in [4.78, 5) is 45.6. The molecule has 0 spiro atoms. The lowest BCUT2D eigenvalue weighted by Gasteiger charge is -2.32. The second-order valence-electron chi connectivity index (χ2n) is 8.48. The van der Waals surface area contributed by atoms with Gasteiger partial charge in [-0.25, -0.2) is 9.37 Å². The maximum atomic E-state index is 13.6. The number of halogens is 1. The number of thiophene rings is 1. The third-order valence-corrected chi connectivity index (χ3v) is 6.01. The summed E-state index contributed by atoms with van der Waals surface area (Å²) < 4.78 is 13.6. The van der Waals surface area contributed by atoms with Crippen LogP contribution in [0.25, 0.3) is 0 Å². The van der Waals surface area contributed by atoms with Crippen molar-refractivity contribution in [2.24, 2.45) is 0 Å². The lowest BCUT2D eigenvalue weighted by atomic mass is 10.0. The van der Waals surface area contributed by atoms with E-state index in [1.807, 2.05) is 44.4 Å². The number of benzene rings is 1. The molecule has 3 aromatic rings. The van der Waals surface area contributed by atoms with E-state index in [4.69, 9.17) is 0 Å². The van der Waals surface area contributed by atoms with Gasteiger partial charge < -0.3 is 15.5 Å². The van der Waals surface area contributed by atoms with E-state index < -0.39 is 11.9 Å². The second kappa shape index (κ2) is 12.2. The molecule has 2 N–H and O–H groups in total. The molecule has 35 heavy (non-hydrogen) atoms. The van der Waals surface area contributed by atoms with Gasteiger partial charge in [0.15, 0.2) is 0 Å². The molecule has 0 aliphatic rings. The Labute approximate surface area is 208 Å². The zero-order valence-corrected chi connectivity index (χ0v) is 20.8. The van der Waals surface area contributed by atoms with Crippen molar-refractivity contribution in [3.63, 3.8) is 0 Å². The van der Waals surface area contributed by atoms with Crippen LogP contribution in [0.1, 0.15) is 48.7 Å². The SMILES string of the molecule is Cc1ccnc(NC(=O)CCC(=O)N(Cc2cccs2)[C@H](C(=O)NC(C)C)c2ccc(F)cc2)c1. The van der Waals surface area contributed by atoms with E-state index in [0.717, 1.165) is 10.4 Å². The van der Waals surface area contributed by atoms with E-state index in [1.165, 1.54) is 40.5 Å². The normalized spacial score (nSPS) is 11.7. The van der Waals surface area contributed by atoms with Crippen LogP contribution in [0, 0.1) is 12.7 Å². The monoisotopic (exact) mass is 496 g/mol. The van der Waals surface area contributed by atoms with Gasteiger partial charge >= 0.3 is 0 Å². The molecule has 1 atom stereocenters. The lowest BCUT2D eigenvalue weighted by Crippen LogP contribution is -2.45. The van der Waals surface area contributed by atoms with Crippen LogP contribution in [0.4, 0.5) is 10.2 Å². The molecule has 0 unspecified atom stereocenters. The number of pyridine rings is 1. The maximum Gasteiger partial charge on any atom is 0.247 e. The second-order valence-corrected chi connectivity index (χ2v) is 9.52. The Morgan fingerprint density at radius 3 is 2.46 bits per heavy atom. The quantitative estimate of drug-likeness (QED) is 0.429. The van der Waals surface area contributed by atoms with Gasteiger partial charge in [0.25, 0.3) is 0 Å². The topological polar surface area (TPSA) is 91.4 Å². The summed E-state index contributed by atoms with van der Waals surface area (Å²) in [7, 11) is 0. The van der Waals surface area contributed by atoms with E-state index >= 15 is 0 Å². The molecule has 2 aromatic heterocycles. The van der Waals surface area contributed by atoms with Crippen LogP contribution < -0.4 is 10.6 Å². The minimum Gasteiger partial charge on any atom is -0.352 e. The van der Waals surface area contributed by atoms with Gasteiger partial charge in [-0.2, -0.15) is 0 Å². The summed E-state index contributed by atoms with van der Waals surface area (Å²) >= 11 is 1.46. The number of anilines is 1. The van der Waals surface area contributed by atoms with Crippen LogP contribution in [0.3, 0.4) is 0 Å². The Bertz CT molecular complexity index is 1150. The number of hydrogen-bond donors (Lipinski definition) is 2. The van der Waals surface area contributed by atoms with Crippen LogP contribution in [0.5, 0.6) is 0 Å². The van der Waals surface area contributed by atoms with Crippen molar-refractivity contribution in [1.29, 1.82) is 0 Å². The minimum absolute atomic E-state index is 0.0721. The van der Waals surface area contributed by atoms with Gasteiger partial charge in [-0.05, 0) is 67.6 Å². The highest BCUT2D eigenvalue weighted by atomic mass is 32.1. The molecule has 0 aliphatic carbocycles. The number of nitrogens with zero attached hydrogens (tertiary/aromatic N) is 2. The maximum absolute atomic E-state index is 13.6. The molecule has 0 radical (unpaired) electrons. The highest BCUT2D eigenvalue weighted by molar-refractivity contribution is 7.09. The Balaban J connectivity index is 1.83. The Morgan fingerprint density at radius 2 is 1.83 bits per heavy atom. The molecule has 7 nitrogen and oxygen atoms in total. The average molecular weight is 497 g/mol. The number of aromatic nitrogens is 1. The van der Waals surface area contributed by atoms with Gasteiger partial charge in [-0.3, -0.25) is 14.4 Å². The van der Waals surface area contributed by atoms with Gasteiger partial charge in [0.05, 0.1) is 6.54 Å². The molecule has 0 fully saturated rings. The average Bonchev–Trinajstić information content (AvgIpc) is 3.31. The van der Waals surface area contributed by atoms with Crippen LogP contribution in [-0.4, -0.2) is 33.6 Å². The molecule has 184 valence electrons. The Hall–Kier alpha value is -3.59. The summed E-state index contributed by atoms with van der Waals surface area (Å²) in [6.07, 6.45) is 1.42. The summed E-state index contributed by atoms with van der Waals surface area (Å²) in [5, 5.41) is 7.45. The summed E-state index contributed by atoms with van der Waals surface area (Å²) in [5.74, 6) is -1.10. The molecule has 0 aliphatic heterocycles. The van der Waals surface area contributed by atoms with Crippen molar-refractivity contribution in [3.8, 4) is 0 Å².